The second-order valence-corrected chi connectivity index (χ2v) is 5.14. The van der Waals surface area contributed by atoms with Gasteiger partial charge in [-0.05, 0) is 33.6 Å². The molecule has 0 aliphatic carbocycles. The van der Waals surface area contributed by atoms with Crippen molar-refractivity contribution in [3.63, 3.8) is 0 Å². The Kier molecular flexibility index (Phi) is 3.70. The van der Waals surface area contributed by atoms with Crippen molar-refractivity contribution in [2.45, 2.75) is 13.1 Å². The molecule has 0 amide bonds. The van der Waals surface area contributed by atoms with E-state index in [4.69, 9.17) is 9.47 Å². The van der Waals surface area contributed by atoms with Gasteiger partial charge in [0, 0.05) is 32.0 Å². The zero-order chi connectivity index (χ0) is 13.1. The van der Waals surface area contributed by atoms with Crippen LogP contribution in [0.25, 0.3) is 0 Å². The summed E-state index contributed by atoms with van der Waals surface area (Å²) in [4.78, 5) is 4.01. The number of imidazole rings is 1. The molecule has 0 saturated carbocycles. The van der Waals surface area contributed by atoms with Crippen LogP contribution in [0.5, 0.6) is 11.5 Å². The molecule has 0 bridgehead atoms. The number of fused-ring (bicyclic) bond motifs is 1. The zero-order valence-corrected chi connectivity index (χ0v) is 11.9. The summed E-state index contributed by atoms with van der Waals surface area (Å²) in [5.74, 6) is 1.60. The highest BCUT2D eigenvalue weighted by Crippen LogP contribution is 2.39. The van der Waals surface area contributed by atoms with Crippen molar-refractivity contribution >= 4 is 15.9 Å². The van der Waals surface area contributed by atoms with Gasteiger partial charge in [0.25, 0.3) is 0 Å². The molecule has 0 atom stereocenters. The van der Waals surface area contributed by atoms with E-state index in [1.54, 1.807) is 6.20 Å². The molecule has 2 heterocycles. The monoisotopic (exact) mass is 323 g/mol. The number of ether oxygens (including phenoxy) is 2. The maximum Gasteiger partial charge on any atom is 0.231 e. The summed E-state index contributed by atoms with van der Waals surface area (Å²) in [6.07, 6.45) is 5.56. The van der Waals surface area contributed by atoms with Gasteiger partial charge in [-0.2, -0.15) is 0 Å². The normalized spacial score (nSPS) is 12.9. The molecule has 5 nitrogen and oxygen atoms in total. The van der Waals surface area contributed by atoms with Crippen LogP contribution in [0.3, 0.4) is 0 Å². The van der Waals surface area contributed by atoms with Crippen molar-refractivity contribution in [2.75, 3.05) is 13.3 Å². The lowest BCUT2D eigenvalue weighted by atomic mass is 10.2. The molecule has 3 rings (SSSR count). The lowest BCUT2D eigenvalue weighted by molar-refractivity contribution is 0.173. The molecule has 0 unspecified atom stereocenters. The van der Waals surface area contributed by atoms with Crippen LogP contribution in [0.4, 0.5) is 0 Å². The van der Waals surface area contributed by atoms with Crippen LogP contribution in [0.2, 0.25) is 0 Å². The molecule has 0 saturated heterocycles. The molecule has 0 fully saturated rings. The first-order chi connectivity index (χ1) is 9.33. The van der Waals surface area contributed by atoms with Gasteiger partial charge >= 0.3 is 0 Å². The number of benzene rings is 1. The average Bonchev–Trinajstić information content (AvgIpc) is 3.05. The molecule has 0 radical (unpaired) electrons. The topological polar surface area (TPSA) is 48.3 Å². The number of hydrogen-bond donors (Lipinski definition) is 1. The van der Waals surface area contributed by atoms with E-state index in [1.165, 1.54) is 5.56 Å². The third-order valence-electron chi connectivity index (χ3n) is 2.92. The second-order valence-electron chi connectivity index (χ2n) is 4.29. The number of halogens is 1. The predicted octanol–water partition coefficient (Wildman–Crippen LogP) is 2.16. The summed E-state index contributed by atoms with van der Waals surface area (Å²) in [5.41, 5.74) is 1.17. The zero-order valence-electron chi connectivity index (χ0n) is 10.3. The second kappa shape index (κ2) is 5.63. The Hall–Kier alpha value is -1.53. The lowest BCUT2D eigenvalue weighted by Gasteiger charge is -2.07. The van der Waals surface area contributed by atoms with E-state index in [0.29, 0.717) is 6.79 Å². The molecule has 1 aliphatic heterocycles. The van der Waals surface area contributed by atoms with Crippen LogP contribution >= 0.6 is 15.9 Å². The maximum atomic E-state index is 5.39. The highest BCUT2D eigenvalue weighted by atomic mass is 79.9. The van der Waals surface area contributed by atoms with Crippen LogP contribution in [-0.2, 0) is 13.1 Å². The molecular formula is C13H14BrN3O2. The first kappa shape index (κ1) is 12.5. The minimum absolute atomic E-state index is 0.297. The lowest BCUT2D eigenvalue weighted by Crippen LogP contribution is -2.18. The first-order valence-electron chi connectivity index (χ1n) is 6.07. The number of nitrogens with zero attached hydrogens (tertiary/aromatic N) is 2. The molecule has 1 aliphatic rings. The van der Waals surface area contributed by atoms with Crippen molar-refractivity contribution in [1.82, 2.24) is 14.9 Å². The van der Waals surface area contributed by atoms with Gasteiger partial charge in [-0.25, -0.2) is 4.98 Å². The molecule has 0 spiro atoms. The van der Waals surface area contributed by atoms with Gasteiger partial charge in [-0.3, -0.25) is 0 Å². The van der Waals surface area contributed by atoms with Crippen LogP contribution in [0, 0.1) is 0 Å². The number of aromatic nitrogens is 2. The smallest absolute Gasteiger partial charge is 0.231 e. The van der Waals surface area contributed by atoms with Crippen molar-refractivity contribution in [2.24, 2.45) is 0 Å². The van der Waals surface area contributed by atoms with E-state index in [1.807, 2.05) is 23.2 Å². The van der Waals surface area contributed by atoms with Crippen molar-refractivity contribution in [1.29, 1.82) is 0 Å². The molecule has 2 aromatic rings. The molecule has 1 aromatic heterocycles. The average molecular weight is 324 g/mol. The van der Waals surface area contributed by atoms with Crippen molar-refractivity contribution < 1.29 is 9.47 Å². The van der Waals surface area contributed by atoms with Gasteiger partial charge in [-0.15, -0.1) is 0 Å². The SMILES string of the molecule is Brc1cc(CNCCn2ccnc2)cc2c1OCO2. The molecule has 1 aromatic carbocycles. The van der Waals surface area contributed by atoms with Gasteiger partial charge in [0.05, 0.1) is 10.8 Å². The van der Waals surface area contributed by atoms with Crippen LogP contribution in [-0.4, -0.2) is 22.9 Å². The number of hydrogen-bond acceptors (Lipinski definition) is 4. The van der Waals surface area contributed by atoms with Crippen molar-refractivity contribution in [3.05, 3.63) is 40.9 Å². The minimum Gasteiger partial charge on any atom is -0.454 e. The van der Waals surface area contributed by atoms with Crippen LogP contribution < -0.4 is 14.8 Å². The number of rotatable bonds is 5. The van der Waals surface area contributed by atoms with Crippen LogP contribution in [0.1, 0.15) is 5.56 Å². The Labute approximate surface area is 119 Å². The van der Waals surface area contributed by atoms with E-state index in [0.717, 1.165) is 35.6 Å². The minimum atomic E-state index is 0.297. The Balaban J connectivity index is 1.54. The summed E-state index contributed by atoms with van der Waals surface area (Å²) in [5, 5.41) is 3.39. The number of nitrogens with one attached hydrogen (secondary N) is 1. The Bertz CT molecular complexity index is 557. The summed E-state index contributed by atoms with van der Waals surface area (Å²) in [7, 11) is 0. The highest BCUT2D eigenvalue weighted by Gasteiger charge is 2.17. The van der Waals surface area contributed by atoms with Gasteiger partial charge < -0.3 is 19.4 Å². The molecular weight excluding hydrogens is 310 g/mol. The van der Waals surface area contributed by atoms with Crippen LogP contribution in [0.15, 0.2) is 35.3 Å². The Morgan fingerprint density at radius 3 is 3.16 bits per heavy atom. The van der Waals surface area contributed by atoms with Gasteiger partial charge in [0.1, 0.15) is 0 Å². The fraction of sp³-hybridized carbons (Fsp3) is 0.308. The van der Waals surface area contributed by atoms with Gasteiger partial charge in [-0.1, -0.05) is 0 Å². The van der Waals surface area contributed by atoms with E-state index in [-0.39, 0.29) is 0 Å². The fourth-order valence-electron chi connectivity index (χ4n) is 1.98. The third kappa shape index (κ3) is 2.90. The van der Waals surface area contributed by atoms with E-state index in [2.05, 4.69) is 32.3 Å². The van der Waals surface area contributed by atoms with Gasteiger partial charge in [0.15, 0.2) is 11.5 Å². The van der Waals surface area contributed by atoms with E-state index in [9.17, 15) is 0 Å². The molecule has 6 heteroatoms. The van der Waals surface area contributed by atoms with Gasteiger partial charge in [0.2, 0.25) is 6.79 Å². The van der Waals surface area contributed by atoms with E-state index >= 15 is 0 Å². The molecule has 19 heavy (non-hydrogen) atoms. The fourth-order valence-corrected chi connectivity index (χ4v) is 2.59. The summed E-state index contributed by atoms with van der Waals surface area (Å²) < 4.78 is 13.7. The first-order valence-corrected chi connectivity index (χ1v) is 6.87. The quantitative estimate of drug-likeness (QED) is 0.857. The molecule has 100 valence electrons. The maximum absolute atomic E-state index is 5.39. The summed E-state index contributed by atoms with van der Waals surface area (Å²) >= 11 is 3.49. The van der Waals surface area contributed by atoms with Crippen molar-refractivity contribution in [3.8, 4) is 11.5 Å². The Morgan fingerprint density at radius 2 is 2.32 bits per heavy atom. The summed E-state index contributed by atoms with van der Waals surface area (Å²) in [6, 6.07) is 4.06. The third-order valence-corrected chi connectivity index (χ3v) is 3.51. The standard InChI is InChI=1S/C13H14BrN3O2/c14-11-5-10(6-12-13(11)19-9-18-12)7-15-1-3-17-4-2-16-8-17/h2,4-6,8,15H,1,3,7,9H2. The molecule has 1 N–H and O–H groups in total. The van der Waals surface area contributed by atoms with E-state index < -0.39 is 0 Å². The summed E-state index contributed by atoms with van der Waals surface area (Å²) in [6.45, 7) is 2.89. The largest absolute Gasteiger partial charge is 0.454 e. The predicted molar refractivity (Wildman–Crippen MR) is 74.2 cm³/mol. The highest BCUT2D eigenvalue weighted by molar-refractivity contribution is 9.10. The Morgan fingerprint density at radius 1 is 1.37 bits per heavy atom.